The molecule has 3 heterocycles. The van der Waals surface area contributed by atoms with E-state index < -0.39 is 0 Å². The number of allylic oxidation sites excluding steroid dienone is 1. The van der Waals surface area contributed by atoms with Gasteiger partial charge in [0.2, 0.25) is 11.8 Å². The first kappa shape index (κ1) is 19.0. The lowest BCUT2D eigenvalue weighted by Gasteiger charge is -2.30. The van der Waals surface area contributed by atoms with E-state index in [9.17, 15) is 5.26 Å². The molecule has 0 amide bonds. The number of nitriles is 1. The minimum atomic E-state index is -0.237. The quantitative estimate of drug-likeness (QED) is 0.810. The third-order valence-corrected chi connectivity index (χ3v) is 6.49. The van der Waals surface area contributed by atoms with E-state index in [1.165, 1.54) is 24.9 Å². The molecule has 0 spiro atoms. The van der Waals surface area contributed by atoms with E-state index in [2.05, 4.69) is 49.1 Å². The lowest BCUT2D eigenvalue weighted by molar-refractivity contribution is 0.347. The zero-order valence-electron chi connectivity index (χ0n) is 17.8. The van der Waals surface area contributed by atoms with Crippen molar-refractivity contribution in [1.29, 1.82) is 5.26 Å². The van der Waals surface area contributed by atoms with Crippen LogP contribution >= 0.6 is 0 Å². The first-order valence-corrected chi connectivity index (χ1v) is 11.1. The maximum atomic E-state index is 9.93. The molecule has 2 aromatic rings. The van der Waals surface area contributed by atoms with Gasteiger partial charge in [-0.25, -0.2) is 4.68 Å². The average molecular weight is 404 g/mol. The molecule has 1 atom stereocenters. The molecule has 0 bridgehead atoms. The fourth-order valence-corrected chi connectivity index (χ4v) is 4.74. The van der Waals surface area contributed by atoms with Gasteiger partial charge in [-0.05, 0) is 55.7 Å². The summed E-state index contributed by atoms with van der Waals surface area (Å²) in [6, 6.07) is 11.4. The van der Waals surface area contributed by atoms with Gasteiger partial charge >= 0.3 is 0 Å². The van der Waals surface area contributed by atoms with Crippen molar-refractivity contribution >= 4 is 5.69 Å². The molecule has 156 valence electrons. The van der Waals surface area contributed by atoms with E-state index in [1.54, 1.807) is 0 Å². The molecule has 1 saturated carbocycles. The van der Waals surface area contributed by atoms with Crippen LogP contribution in [0.2, 0.25) is 0 Å². The minimum absolute atomic E-state index is 0.201. The first-order valence-electron chi connectivity index (χ1n) is 11.1. The summed E-state index contributed by atoms with van der Waals surface area (Å²) < 4.78 is 8.00. The van der Waals surface area contributed by atoms with Crippen LogP contribution in [0.5, 0.6) is 5.88 Å². The summed E-state index contributed by atoms with van der Waals surface area (Å²) in [4.78, 5) is 2.45. The van der Waals surface area contributed by atoms with Gasteiger partial charge in [-0.3, -0.25) is 0 Å². The molecule has 2 fully saturated rings. The van der Waals surface area contributed by atoms with E-state index in [-0.39, 0.29) is 17.7 Å². The van der Waals surface area contributed by atoms with Gasteiger partial charge in [0, 0.05) is 18.8 Å². The maximum Gasteiger partial charge on any atom is 0.224 e. The van der Waals surface area contributed by atoms with Crippen molar-refractivity contribution in [2.45, 2.75) is 63.8 Å². The Hall–Kier alpha value is -2.94. The molecule has 3 aliphatic rings. The number of anilines is 1. The smallest absolute Gasteiger partial charge is 0.224 e. The standard InChI is InChI=1S/C24H29N5O/c1-15(2)22-21-20(16-6-8-17(9-7-16)28-12-4-3-5-13-28)19(14-25)23(26)30-24(21)29(27-22)18-10-11-18/h6-9,15,18,20H,3-5,10-13,26H2,1-2H3. The van der Waals surface area contributed by atoms with E-state index in [4.69, 9.17) is 15.6 Å². The Morgan fingerprint density at radius 1 is 1.13 bits per heavy atom. The van der Waals surface area contributed by atoms with E-state index in [0.717, 1.165) is 48.6 Å². The van der Waals surface area contributed by atoms with Crippen LogP contribution in [0.3, 0.4) is 0 Å². The first-order chi connectivity index (χ1) is 14.6. The fourth-order valence-electron chi connectivity index (χ4n) is 4.74. The number of nitrogens with two attached hydrogens (primary N) is 1. The summed E-state index contributed by atoms with van der Waals surface area (Å²) in [5.41, 5.74) is 11.0. The van der Waals surface area contributed by atoms with E-state index >= 15 is 0 Å². The van der Waals surface area contributed by atoms with Crippen LogP contribution in [0.25, 0.3) is 0 Å². The van der Waals surface area contributed by atoms with Gasteiger partial charge in [0.15, 0.2) is 0 Å². The summed E-state index contributed by atoms with van der Waals surface area (Å²) >= 11 is 0. The molecule has 6 heteroatoms. The lowest BCUT2D eigenvalue weighted by atomic mass is 9.82. The molecular formula is C24H29N5O. The summed E-state index contributed by atoms with van der Waals surface area (Å²) in [5.74, 6) is 0.922. The van der Waals surface area contributed by atoms with Crippen LogP contribution in [0.15, 0.2) is 35.7 Å². The van der Waals surface area contributed by atoms with Crippen molar-refractivity contribution in [3.63, 3.8) is 0 Å². The summed E-state index contributed by atoms with van der Waals surface area (Å²) in [5, 5.41) is 14.8. The number of nitrogens with zero attached hydrogens (tertiary/aromatic N) is 4. The highest BCUT2D eigenvalue weighted by atomic mass is 16.5. The Morgan fingerprint density at radius 3 is 2.43 bits per heavy atom. The lowest BCUT2D eigenvalue weighted by Crippen LogP contribution is -2.29. The fraction of sp³-hybridized carbons (Fsp3) is 0.500. The number of rotatable bonds is 4. The van der Waals surface area contributed by atoms with Crippen LogP contribution in [-0.4, -0.2) is 22.9 Å². The zero-order valence-corrected chi connectivity index (χ0v) is 17.8. The zero-order chi connectivity index (χ0) is 20.8. The Labute approximate surface area is 177 Å². The monoisotopic (exact) mass is 403 g/mol. The number of benzene rings is 1. The van der Waals surface area contributed by atoms with Crippen molar-refractivity contribution < 1.29 is 4.74 Å². The van der Waals surface area contributed by atoms with Crippen molar-refractivity contribution in [2.24, 2.45) is 5.73 Å². The summed E-state index contributed by atoms with van der Waals surface area (Å²) in [7, 11) is 0. The second-order valence-corrected chi connectivity index (χ2v) is 9.00. The predicted molar refractivity (Wildman–Crippen MR) is 116 cm³/mol. The average Bonchev–Trinajstić information content (AvgIpc) is 3.54. The van der Waals surface area contributed by atoms with Gasteiger partial charge in [0.25, 0.3) is 0 Å². The molecular weight excluding hydrogens is 374 g/mol. The van der Waals surface area contributed by atoms with Gasteiger partial charge in [-0.1, -0.05) is 26.0 Å². The van der Waals surface area contributed by atoms with Crippen molar-refractivity contribution in [3.8, 4) is 11.9 Å². The number of ether oxygens (including phenoxy) is 1. The second kappa shape index (κ2) is 7.39. The largest absolute Gasteiger partial charge is 0.422 e. The molecule has 1 aromatic heterocycles. The highest BCUT2D eigenvalue weighted by Crippen LogP contribution is 2.49. The minimum Gasteiger partial charge on any atom is -0.422 e. The van der Waals surface area contributed by atoms with E-state index in [1.807, 2.05) is 4.68 Å². The molecule has 1 saturated heterocycles. The molecule has 6 nitrogen and oxygen atoms in total. The Bertz CT molecular complexity index is 1020. The molecule has 0 radical (unpaired) electrons. The number of piperidine rings is 1. The van der Waals surface area contributed by atoms with Crippen LogP contribution in [0, 0.1) is 11.3 Å². The molecule has 2 N–H and O–H groups in total. The predicted octanol–water partition coefficient (Wildman–Crippen LogP) is 4.55. The molecule has 1 aromatic carbocycles. The maximum absolute atomic E-state index is 9.93. The number of hydrogen-bond acceptors (Lipinski definition) is 5. The number of aromatic nitrogens is 2. The van der Waals surface area contributed by atoms with Gasteiger partial charge in [0.05, 0.1) is 23.2 Å². The molecule has 5 rings (SSSR count). The van der Waals surface area contributed by atoms with Crippen LogP contribution in [0.4, 0.5) is 5.69 Å². The Kier molecular flexibility index (Phi) is 4.69. The van der Waals surface area contributed by atoms with Crippen LogP contribution in [-0.2, 0) is 0 Å². The van der Waals surface area contributed by atoms with Crippen molar-refractivity contribution in [2.75, 3.05) is 18.0 Å². The Balaban J connectivity index is 1.59. The molecule has 1 unspecified atom stereocenters. The number of fused-ring (bicyclic) bond motifs is 1. The number of hydrogen-bond donors (Lipinski definition) is 1. The molecule has 2 aliphatic heterocycles. The van der Waals surface area contributed by atoms with Crippen molar-refractivity contribution in [1.82, 2.24) is 9.78 Å². The van der Waals surface area contributed by atoms with Crippen LogP contribution < -0.4 is 15.4 Å². The highest BCUT2D eigenvalue weighted by molar-refractivity contribution is 5.58. The highest BCUT2D eigenvalue weighted by Gasteiger charge is 2.40. The van der Waals surface area contributed by atoms with Gasteiger partial charge in [-0.15, -0.1) is 0 Å². The molecule has 1 aliphatic carbocycles. The van der Waals surface area contributed by atoms with Gasteiger partial charge in [-0.2, -0.15) is 10.4 Å². The van der Waals surface area contributed by atoms with E-state index in [0.29, 0.717) is 11.6 Å². The van der Waals surface area contributed by atoms with Crippen LogP contribution in [0.1, 0.15) is 80.7 Å². The SMILES string of the molecule is CC(C)c1nn(C2CC2)c2c1C(c1ccc(N3CCCCC3)cc1)C(C#N)=C(N)O2. The topological polar surface area (TPSA) is 80.1 Å². The van der Waals surface area contributed by atoms with Gasteiger partial charge < -0.3 is 15.4 Å². The van der Waals surface area contributed by atoms with Gasteiger partial charge in [0.1, 0.15) is 11.6 Å². The Morgan fingerprint density at radius 2 is 1.83 bits per heavy atom. The normalized spacial score (nSPS) is 21.4. The van der Waals surface area contributed by atoms with Crippen molar-refractivity contribution in [3.05, 3.63) is 52.5 Å². The third-order valence-electron chi connectivity index (χ3n) is 6.49. The third kappa shape index (κ3) is 3.13. The summed E-state index contributed by atoms with van der Waals surface area (Å²) in [6.07, 6.45) is 6.04. The summed E-state index contributed by atoms with van der Waals surface area (Å²) in [6.45, 7) is 6.51. The second-order valence-electron chi connectivity index (χ2n) is 9.00. The molecule has 30 heavy (non-hydrogen) atoms.